The number of hydrogen-bond donors (Lipinski definition) is 2. The van der Waals surface area contributed by atoms with Gasteiger partial charge in [0.15, 0.2) is 6.10 Å². The van der Waals surface area contributed by atoms with Crippen molar-refractivity contribution in [1.82, 2.24) is 4.98 Å². The number of aliphatic hydroxyl groups is 1. The number of nitrogens with zero attached hydrogens (tertiary/aromatic N) is 1. The van der Waals surface area contributed by atoms with Crippen molar-refractivity contribution < 1.29 is 28.2 Å². The number of halogens is 3. The standard InChI is InChI=1S/C9H8F3NO3/c10-9(11,12)5-1-2-6(13-4-5)3-7(14)8(15)16/h1-2,4,7,14H,3H2,(H,15,16)/t7-/m1/s1. The summed E-state index contributed by atoms with van der Waals surface area (Å²) >= 11 is 0. The maximum atomic E-state index is 12.1. The monoisotopic (exact) mass is 235 g/mol. The number of carbonyl (C=O) groups is 1. The van der Waals surface area contributed by atoms with Crippen LogP contribution in [0.5, 0.6) is 0 Å². The lowest BCUT2D eigenvalue weighted by Gasteiger charge is -2.08. The molecule has 0 amide bonds. The molecule has 0 radical (unpaired) electrons. The highest BCUT2D eigenvalue weighted by Gasteiger charge is 2.30. The van der Waals surface area contributed by atoms with Gasteiger partial charge in [0.2, 0.25) is 0 Å². The second kappa shape index (κ2) is 4.48. The Morgan fingerprint density at radius 1 is 1.44 bits per heavy atom. The largest absolute Gasteiger partial charge is 0.479 e. The predicted molar refractivity (Wildman–Crippen MR) is 46.6 cm³/mol. The van der Waals surface area contributed by atoms with Crippen molar-refractivity contribution in [2.24, 2.45) is 0 Å². The van der Waals surface area contributed by atoms with E-state index in [-0.39, 0.29) is 12.1 Å². The van der Waals surface area contributed by atoms with Crippen LogP contribution in [0.15, 0.2) is 18.3 Å². The van der Waals surface area contributed by atoms with Gasteiger partial charge in [-0.15, -0.1) is 0 Å². The van der Waals surface area contributed by atoms with E-state index < -0.39 is 23.8 Å². The first-order chi connectivity index (χ1) is 7.30. The van der Waals surface area contributed by atoms with Crippen LogP contribution in [0.4, 0.5) is 13.2 Å². The summed E-state index contributed by atoms with van der Waals surface area (Å²) in [6.45, 7) is 0. The van der Waals surface area contributed by atoms with Gasteiger partial charge in [0, 0.05) is 18.3 Å². The van der Waals surface area contributed by atoms with Crippen LogP contribution in [0.1, 0.15) is 11.3 Å². The first kappa shape index (κ1) is 12.4. The number of carboxylic acid groups (broad SMARTS) is 1. The first-order valence-corrected chi connectivity index (χ1v) is 4.23. The number of alkyl halides is 3. The highest BCUT2D eigenvalue weighted by atomic mass is 19.4. The molecule has 0 saturated heterocycles. The lowest BCUT2D eigenvalue weighted by Crippen LogP contribution is -2.22. The molecule has 4 nitrogen and oxygen atoms in total. The minimum absolute atomic E-state index is 0.0860. The van der Waals surface area contributed by atoms with Crippen molar-refractivity contribution in [3.05, 3.63) is 29.6 Å². The molecule has 88 valence electrons. The third-order valence-corrected chi connectivity index (χ3v) is 1.84. The summed E-state index contributed by atoms with van der Waals surface area (Å²) in [5.74, 6) is -1.44. The molecule has 0 fully saturated rings. The van der Waals surface area contributed by atoms with Crippen LogP contribution in [0.3, 0.4) is 0 Å². The van der Waals surface area contributed by atoms with Crippen LogP contribution in [0, 0.1) is 0 Å². The minimum atomic E-state index is -4.48. The molecule has 0 aliphatic rings. The average molecular weight is 235 g/mol. The normalized spacial score (nSPS) is 13.5. The molecule has 0 aliphatic carbocycles. The molecular weight excluding hydrogens is 227 g/mol. The SMILES string of the molecule is O=C(O)[C@H](O)Cc1ccc(C(F)(F)F)cn1. The van der Waals surface area contributed by atoms with E-state index in [1.54, 1.807) is 0 Å². The van der Waals surface area contributed by atoms with E-state index in [0.29, 0.717) is 6.20 Å². The summed E-state index contributed by atoms with van der Waals surface area (Å²) in [4.78, 5) is 13.7. The van der Waals surface area contributed by atoms with Crippen molar-refractivity contribution in [3.8, 4) is 0 Å². The topological polar surface area (TPSA) is 70.4 Å². The van der Waals surface area contributed by atoms with E-state index in [0.717, 1.165) is 12.1 Å². The van der Waals surface area contributed by atoms with E-state index in [1.165, 1.54) is 0 Å². The van der Waals surface area contributed by atoms with E-state index >= 15 is 0 Å². The number of pyridine rings is 1. The predicted octanol–water partition coefficient (Wildman–Crippen LogP) is 1.09. The van der Waals surface area contributed by atoms with Crippen molar-refractivity contribution in [3.63, 3.8) is 0 Å². The van der Waals surface area contributed by atoms with Crippen LogP contribution in [0.25, 0.3) is 0 Å². The smallest absolute Gasteiger partial charge is 0.417 e. The molecule has 0 bridgehead atoms. The molecule has 0 aromatic carbocycles. The summed E-state index contributed by atoms with van der Waals surface area (Å²) < 4.78 is 36.4. The number of aromatic nitrogens is 1. The van der Waals surface area contributed by atoms with Gasteiger partial charge in [-0.05, 0) is 12.1 Å². The lowest BCUT2D eigenvalue weighted by molar-refractivity contribution is -0.146. The molecule has 1 aromatic rings. The van der Waals surface area contributed by atoms with Gasteiger partial charge in [-0.1, -0.05) is 0 Å². The number of rotatable bonds is 3. The minimum Gasteiger partial charge on any atom is -0.479 e. The molecule has 1 aromatic heterocycles. The van der Waals surface area contributed by atoms with Crippen molar-refractivity contribution >= 4 is 5.97 Å². The fourth-order valence-corrected chi connectivity index (χ4v) is 0.998. The van der Waals surface area contributed by atoms with Gasteiger partial charge >= 0.3 is 12.1 Å². The van der Waals surface area contributed by atoms with Gasteiger partial charge in [0.25, 0.3) is 0 Å². The van der Waals surface area contributed by atoms with E-state index in [9.17, 15) is 18.0 Å². The molecule has 0 saturated carbocycles. The fraction of sp³-hybridized carbons (Fsp3) is 0.333. The lowest BCUT2D eigenvalue weighted by atomic mass is 10.1. The highest BCUT2D eigenvalue weighted by Crippen LogP contribution is 2.28. The van der Waals surface area contributed by atoms with E-state index in [1.807, 2.05) is 0 Å². The second-order valence-electron chi connectivity index (χ2n) is 3.09. The Hall–Kier alpha value is -1.63. The van der Waals surface area contributed by atoms with Gasteiger partial charge in [-0.25, -0.2) is 4.79 Å². The maximum absolute atomic E-state index is 12.1. The van der Waals surface area contributed by atoms with Crippen LogP contribution in [-0.4, -0.2) is 27.3 Å². The third kappa shape index (κ3) is 3.20. The quantitative estimate of drug-likeness (QED) is 0.822. The zero-order valence-electron chi connectivity index (χ0n) is 7.90. The third-order valence-electron chi connectivity index (χ3n) is 1.84. The molecule has 1 heterocycles. The number of carboxylic acids is 1. The molecule has 7 heteroatoms. The Morgan fingerprint density at radius 2 is 2.06 bits per heavy atom. The van der Waals surface area contributed by atoms with Gasteiger partial charge < -0.3 is 10.2 Å². The van der Waals surface area contributed by atoms with Gasteiger partial charge in [0.1, 0.15) is 0 Å². The Balaban J connectivity index is 2.76. The average Bonchev–Trinajstić information content (AvgIpc) is 2.17. The van der Waals surface area contributed by atoms with Crippen LogP contribution in [-0.2, 0) is 17.4 Å². The van der Waals surface area contributed by atoms with E-state index in [2.05, 4.69) is 4.98 Å². The van der Waals surface area contributed by atoms with Crippen LogP contribution >= 0.6 is 0 Å². The fourth-order valence-electron chi connectivity index (χ4n) is 0.998. The number of aliphatic hydroxyl groups excluding tert-OH is 1. The summed E-state index contributed by atoms with van der Waals surface area (Å²) in [5.41, 5.74) is -0.830. The molecule has 0 spiro atoms. The highest BCUT2D eigenvalue weighted by molar-refractivity contribution is 5.72. The molecule has 1 rings (SSSR count). The zero-order valence-corrected chi connectivity index (χ0v) is 7.90. The summed E-state index contributed by atoms with van der Waals surface area (Å²) in [7, 11) is 0. The zero-order chi connectivity index (χ0) is 12.3. The molecule has 0 aliphatic heterocycles. The maximum Gasteiger partial charge on any atom is 0.417 e. The number of hydrogen-bond acceptors (Lipinski definition) is 3. The molecule has 1 atom stereocenters. The molecule has 2 N–H and O–H groups in total. The van der Waals surface area contributed by atoms with Crippen molar-refractivity contribution in [2.75, 3.05) is 0 Å². The van der Waals surface area contributed by atoms with Crippen LogP contribution < -0.4 is 0 Å². The summed E-state index contributed by atoms with van der Waals surface area (Å²) in [6.07, 6.45) is -5.86. The van der Waals surface area contributed by atoms with E-state index in [4.69, 9.17) is 10.2 Å². The second-order valence-corrected chi connectivity index (χ2v) is 3.09. The van der Waals surface area contributed by atoms with Crippen LogP contribution in [0.2, 0.25) is 0 Å². The summed E-state index contributed by atoms with van der Waals surface area (Å²) in [6, 6.07) is 1.83. The number of aliphatic carboxylic acids is 1. The first-order valence-electron chi connectivity index (χ1n) is 4.23. The Kier molecular flexibility index (Phi) is 3.48. The van der Waals surface area contributed by atoms with Crippen molar-refractivity contribution in [1.29, 1.82) is 0 Å². The van der Waals surface area contributed by atoms with Crippen molar-refractivity contribution in [2.45, 2.75) is 18.7 Å². The Labute approximate surface area is 88.4 Å². The Bertz CT molecular complexity index is 375. The molecular formula is C9H8F3NO3. The molecule has 0 unspecified atom stereocenters. The van der Waals surface area contributed by atoms with Gasteiger partial charge in [0.05, 0.1) is 5.56 Å². The van der Waals surface area contributed by atoms with Gasteiger partial charge in [-0.3, -0.25) is 4.98 Å². The van der Waals surface area contributed by atoms with Gasteiger partial charge in [-0.2, -0.15) is 13.2 Å². The molecule has 16 heavy (non-hydrogen) atoms. The Morgan fingerprint density at radius 3 is 2.44 bits per heavy atom. The summed E-state index contributed by atoms with van der Waals surface area (Å²) in [5, 5.41) is 17.3.